The predicted molar refractivity (Wildman–Crippen MR) is 126 cm³/mol. The third kappa shape index (κ3) is 3.76. The Hall–Kier alpha value is -4.31. The number of hydrogen-bond acceptors (Lipinski definition) is 7. The van der Waals surface area contributed by atoms with Crippen LogP contribution in [0, 0.1) is 22.4 Å². The number of hydrogen-bond donors (Lipinski definition) is 1. The minimum atomic E-state index is -0.548. The molecule has 0 radical (unpaired) electrons. The van der Waals surface area contributed by atoms with Gasteiger partial charge in [0.1, 0.15) is 16.6 Å². The molecule has 0 unspecified atom stereocenters. The van der Waals surface area contributed by atoms with Crippen molar-refractivity contribution >= 4 is 45.5 Å². The maximum absolute atomic E-state index is 12.6. The Morgan fingerprint density at radius 1 is 1.15 bits per heavy atom. The summed E-state index contributed by atoms with van der Waals surface area (Å²) in [5.41, 5.74) is 2.31. The fourth-order valence-electron chi connectivity index (χ4n) is 3.44. The summed E-state index contributed by atoms with van der Waals surface area (Å²) in [5.74, 6) is 0.212. The van der Waals surface area contributed by atoms with Crippen molar-refractivity contribution in [3.05, 3.63) is 93.2 Å². The number of aliphatic imine (C=N–C) groups is 1. The molecule has 3 aromatic rings. The van der Waals surface area contributed by atoms with Gasteiger partial charge in [0.15, 0.2) is 5.84 Å². The summed E-state index contributed by atoms with van der Waals surface area (Å²) in [6.45, 7) is 1.76. The highest BCUT2D eigenvalue weighted by Gasteiger charge is 2.36. The molecule has 0 aliphatic carbocycles. The number of hydrazone groups is 1. The Bertz CT molecular complexity index is 1420. The van der Waals surface area contributed by atoms with Gasteiger partial charge in [-0.25, -0.2) is 0 Å². The van der Waals surface area contributed by atoms with E-state index in [4.69, 9.17) is 9.83 Å². The van der Waals surface area contributed by atoms with E-state index in [2.05, 4.69) is 10.1 Å². The molecule has 2 aromatic carbocycles. The van der Waals surface area contributed by atoms with Crippen LogP contribution in [0.1, 0.15) is 16.9 Å². The SMILES string of the molecule is Cc1cc([N+](=O)[O-])ccc1-c1ccc(/C=C2/C(=N)N3N=C(c4ccccc4)SC3=NC2=O)o1. The molecule has 10 heteroatoms. The van der Waals surface area contributed by atoms with Crippen molar-refractivity contribution in [3.8, 4) is 11.3 Å². The van der Waals surface area contributed by atoms with E-state index < -0.39 is 10.8 Å². The van der Waals surface area contributed by atoms with E-state index in [-0.39, 0.29) is 17.1 Å². The summed E-state index contributed by atoms with van der Waals surface area (Å²) < 4.78 is 5.85. The molecule has 5 rings (SSSR count). The number of aryl methyl sites for hydroxylation is 1. The first kappa shape index (κ1) is 20.6. The molecule has 0 saturated carbocycles. The number of nitro groups is 1. The number of furan rings is 1. The quantitative estimate of drug-likeness (QED) is 0.340. The van der Waals surface area contributed by atoms with E-state index in [1.807, 2.05) is 30.3 Å². The summed E-state index contributed by atoms with van der Waals surface area (Å²) in [6.07, 6.45) is 1.45. The van der Waals surface area contributed by atoms with Crippen molar-refractivity contribution in [2.75, 3.05) is 0 Å². The third-order valence-electron chi connectivity index (χ3n) is 5.07. The van der Waals surface area contributed by atoms with Gasteiger partial charge >= 0.3 is 0 Å². The number of nitrogens with zero attached hydrogens (tertiary/aromatic N) is 4. The number of nitro benzene ring substituents is 1. The molecule has 9 nitrogen and oxygen atoms in total. The van der Waals surface area contributed by atoms with Gasteiger partial charge in [-0.1, -0.05) is 30.3 Å². The molecule has 33 heavy (non-hydrogen) atoms. The van der Waals surface area contributed by atoms with Crippen LogP contribution in [0.15, 0.2) is 80.7 Å². The summed E-state index contributed by atoms with van der Waals surface area (Å²) in [7, 11) is 0. The number of benzene rings is 2. The van der Waals surface area contributed by atoms with Crippen LogP contribution in [0.4, 0.5) is 5.69 Å². The molecule has 0 spiro atoms. The summed E-state index contributed by atoms with van der Waals surface area (Å²) in [4.78, 5) is 27.2. The van der Waals surface area contributed by atoms with Gasteiger partial charge in [-0.3, -0.25) is 20.3 Å². The number of fused-ring (bicyclic) bond motifs is 1. The molecule has 1 aromatic heterocycles. The Balaban J connectivity index is 1.44. The molecule has 0 saturated heterocycles. The van der Waals surface area contributed by atoms with Crippen LogP contribution < -0.4 is 0 Å². The first-order valence-corrected chi connectivity index (χ1v) is 10.6. The summed E-state index contributed by atoms with van der Waals surface area (Å²) in [6, 6.07) is 17.4. The number of nitrogens with one attached hydrogen (secondary N) is 1. The fraction of sp³-hybridized carbons (Fsp3) is 0.0435. The van der Waals surface area contributed by atoms with Crippen LogP contribution >= 0.6 is 11.8 Å². The molecule has 1 N–H and O–H groups in total. The smallest absolute Gasteiger partial charge is 0.283 e. The van der Waals surface area contributed by atoms with E-state index in [0.717, 1.165) is 5.56 Å². The lowest BCUT2D eigenvalue weighted by Crippen LogP contribution is -2.35. The van der Waals surface area contributed by atoms with Gasteiger partial charge in [-0.05, 0) is 48.5 Å². The summed E-state index contributed by atoms with van der Waals surface area (Å²) in [5, 5.41) is 26.3. The number of thioether (sulfide) groups is 1. The van der Waals surface area contributed by atoms with Crippen LogP contribution in [0.3, 0.4) is 0 Å². The largest absolute Gasteiger partial charge is 0.457 e. The number of carbonyl (C=O) groups is 1. The Morgan fingerprint density at radius 2 is 1.94 bits per heavy atom. The van der Waals surface area contributed by atoms with Crippen LogP contribution in [0.25, 0.3) is 17.4 Å². The Kier molecular flexibility index (Phi) is 4.98. The number of rotatable bonds is 4. The lowest BCUT2D eigenvalue weighted by atomic mass is 10.1. The topological polar surface area (TPSA) is 125 Å². The van der Waals surface area contributed by atoms with Crippen LogP contribution in [-0.2, 0) is 4.79 Å². The first-order chi connectivity index (χ1) is 15.9. The van der Waals surface area contributed by atoms with Crippen molar-refractivity contribution in [2.45, 2.75) is 6.92 Å². The van der Waals surface area contributed by atoms with Gasteiger partial charge in [-0.15, -0.1) is 0 Å². The van der Waals surface area contributed by atoms with Crippen molar-refractivity contribution in [1.29, 1.82) is 5.41 Å². The van der Waals surface area contributed by atoms with Gasteiger partial charge in [0.2, 0.25) is 5.17 Å². The van der Waals surface area contributed by atoms with Crippen LogP contribution in [0.2, 0.25) is 0 Å². The van der Waals surface area contributed by atoms with Crippen molar-refractivity contribution in [1.82, 2.24) is 5.01 Å². The normalized spacial score (nSPS) is 16.6. The number of non-ortho nitro benzene ring substituents is 1. The lowest BCUT2D eigenvalue weighted by molar-refractivity contribution is -0.384. The molecule has 0 atom stereocenters. The lowest BCUT2D eigenvalue weighted by Gasteiger charge is -2.19. The molecule has 0 bridgehead atoms. The molecule has 162 valence electrons. The molecular weight excluding hydrogens is 442 g/mol. The van der Waals surface area contributed by atoms with Gasteiger partial charge in [0.05, 0.1) is 10.5 Å². The fourth-order valence-corrected chi connectivity index (χ4v) is 4.34. The minimum absolute atomic E-state index is 0.000951. The van der Waals surface area contributed by atoms with Gasteiger partial charge in [0, 0.05) is 23.3 Å². The van der Waals surface area contributed by atoms with Crippen molar-refractivity contribution < 1.29 is 14.1 Å². The van der Waals surface area contributed by atoms with Crippen molar-refractivity contribution in [2.24, 2.45) is 10.1 Å². The van der Waals surface area contributed by atoms with E-state index in [9.17, 15) is 14.9 Å². The highest BCUT2D eigenvalue weighted by atomic mass is 32.2. The van der Waals surface area contributed by atoms with Crippen LogP contribution in [0.5, 0.6) is 0 Å². The highest BCUT2D eigenvalue weighted by molar-refractivity contribution is 8.27. The van der Waals surface area contributed by atoms with Crippen LogP contribution in [-0.4, -0.2) is 31.9 Å². The second-order valence-electron chi connectivity index (χ2n) is 7.25. The number of carbonyl (C=O) groups excluding carboxylic acids is 1. The van der Waals surface area contributed by atoms with Crippen molar-refractivity contribution in [3.63, 3.8) is 0 Å². The van der Waals surface area contributed by atoms with Gasteiger partial charge in [-0.2, -0.15) is 15.1 Å². The standard InChI is InChI=1S/C23H15N5O4S/c1-13-11-15(28(30)31)7-9-17(13)19-10-8-16(32-19)12-18-20(24)27-23(25-21(18)29)33-22(26-27)14-5-3-2-4-6-14/h2-12,24H,1H3/b18-12-,24-20?. The highest BCUT2D eigenvalue weighted by Crippen LogP contribution is 2.32. The molecule has 0 fully saturated rings. The Labute approximate surface area is 191 Å². The molecule has 3 heterocycles. The maximum Gasteiger partial charge on any atom is 0.283 e. The average Bonchev–Trinajstić information content (AvgIpc) is 3.44. The summed E-state index contributed by atoms with van der Waals surface area (Å²) >= 11 is 1.24. The zero-order valence-corrected chi connectivity index (χ0v) is 18.0. The zero-order valence-electron chi connectivity index (χ0n) is 17.2. The molecular formula is C23H15N5O4S. The molecule has 1 amide bonds. The maximum atomic E-state index is 12.6. The predicted octanol–water partition coefficient (Wildman–Crippen LogP) is 4.83. The minimum Gasteiger partial charge on any atom is -0.457 e. The second-order valence-corrected chi connectivity index (χ2v) is 8.21. The first-order valence-electron chi connectivity index (χ1n) is 9.81. The number of amidine groups is 2. The molecule has 2 aliphatic heterocycles. The molecule has 2 aliphatic rings. The van der Waals surface area contributed by atoms with Gasteiger partial charge in [0.25, 0.3) is 11.6 Å². The van der Waals surface area contributed by atoms with E-state index >= 15 is 0 Å². The zero-order chi connectivity index (χ0) is 23.1. The second kappa shape index (κ2) is 7.99. The average molecular weight is 457 g/mol. The third-order valence-corrected chi connectivity index (χ3v) is 6.03. The Morgan fingerprint density at radius 3 is 2.67 bits per heavy atom. The number of amides is 1. The van der Waals surface area contributed by atoms with E-state index in [1.54, 1.807) is 25.1 Å². The van der Waals surface area contributed by atoms with E-state index in [0.29, 0.717) is 32.9 Å². The van der Waals surface area contributed by atoms with Gasteiger partial charge < -0.3 is 4.42 Å². The monoisotopic (exact) mass is 457 g/mol. The van der Waals surface area contributed by atoms with E-state index in [1.165, 1.54) is 35.0 Å².